The third-order valence-corrected chi connectivity index (χ3v) is 4.27. The molecular weight excluding hydrogens is 306 g/mol. The number of hydrogen-bond donors (Lipinski definition) is 1. The van der Waals surface area contributed by atoms with Crippen molar-refractivity contribution < 1.29 is 13.0 Å². The van der Waals surface area contributed by atoms with Crippen LogP contribution in [0, 0.1) is 6.92 Å². The lowest BCUT2D eigenvalue weighted by Crippen LogP contribution is -2.06. The van der Waals surface area contributed by atoms with E-state index in [1.807, 2.05) is 0 Å². The summed E-state index contributed by atoms with van der Waals surface area (Å²) in [5, 5.41) is 7.42. The van der Waals surface area contributed by atoms with Gasteiger partial charge in [0.2, 0.25) is 5.65 Å². The number of rotatable bonds is 3. The maximum atomic E-state index is 11.6. The summed E-state index contributed by atoms with van der Waals surface area (Å²) < 4.78 is 27.8. The van der Waals surface area contributed by atoms with E-state index >= 15 is 0 Å². The van der Waals surface area contributed by atoms with Gasteiger partial charge in [-0.2, -0.15) is 0 Å². The van der Waals surface area contributed by atoms with Crippen LogP contribution in [0.3, 0.4) is 0 Å². The Labute approximate surface area is 126 Å². The van der Waals surface area contributed by atoms with Gasteiger partial charge in [-0.05, 0) is 29.4 Å². The average Bonchev–Trinajstić information content (AvgIpc) is 2.91. The molecule has 3 aromatic heterocycles. The van der Waals surface area contributed by atoms with Gasteiger partial charge in [-0.3, -0.25) is 0 Å². The average molecular weight is 319 g/mol. The Morgan fingerprint density at radius 3 is 2.73 bits per heavy atom. The Morgan fingerprint density at radius 1 is 1.23 bits per heavy atom. The number of anilines is 1. The monoisotopic (exact) mass is 319 g/mol. The van der Waals surface area contributed by atoms with Crippen LogP contribution in [0.4, 0.5) is 5.69 Å². The lowest BCUT2D eigenvalue weighted by molar-refractivity contribution is 0.315. The molecule has 0 saturated carbocycles. The summed E-state index contributed by atoms with van der Waals surface area (Å²) in [6, 6.07) is 4.84. The second kappa shape index (κ2) is 5.02. The number of aryl methyl sites for hydroxylation is 1. The zero-order chi connectivity index (χ0) is 15.9. The largest absolute Gasteiger partial charge is 0.396 e. The molecule has 9 heteroatoms. The maximum absolute atomic E-state index is 11.6. The summed E-state index contributed by atoms with van der Waals surface area (Å²) in [5.41, 5.74) is 9.21. The maximum Gasteiger partial charge on any atom is 0.226 e. The minimum Gasteiger partial charge on any atom is -0.396 e. The molecule has 3 aromatic rings. The van der Waals surface area contributed by atoms with Crippen molar-refractivity contribution in [3.8, 4) is 0 Å². The molecule has 3 heterocycles. The quantitative estimate of drug-likeness (QED) is 0.754. The molecule has 114 valence electrons. The summed E-state index contributed by atoms with van der Waals surface area (Å²) in [5.74, 6) is 0. The summed E-state index contributed by atoms with van der Waals surface area (Å²) in [6.07, 6.45) is 1.46. The second-order valence-corrected chi connectivity index (χ2v) is 6.90. The molecule has 0 bridgehead atoms. The van der Waals surface area contributed by atoms with Gasteiger partial charge in [0.05, 0.1) is 5.69 Å². The van der Waals surface area contributed by atoms with Crippen molar-refractivity contribution in [2.24, 2.45) is 0 Å². The number of aromatic nitrogens is 4. The van der Waals surface area contributed by atoms with Crippen molar-refractivity contribution >= 4 is 26.7 Å². The molecule has 0 aliphatic rings. The van der Waals surface area contributed by atoms with Crippen LogP contribution < -0.4 is 5.73 Å². The van der Waals surface area contributed by atoms with Crippen LogP contribution in [0.5, 0.6) is 0 Å². The summed E-state index contributed by atoms with van der Waals surface area (Å²) in [4.78, 5) is 8.43. The van der Waals surface area contributed by atoms with E-state index in [0.717, 1.165) is 11.8 Å². The topological polar surface area (TPSA) is 125 Å². The molecule has 0 atom stereocenters. The number of sulfone groups is 1. The van der Waals surface area contributed by atoms with Crippen LogP contribution in [-0.4, -0.2) is 35.0 Å². The fraction of sp³-hybridized carbons (Fsp3) is 0.231. The van der Waals surface area contributed by atoms with Crippen molar-refractivity contribution in [2.75, 3.05) is 12.0 Å². The van der Waals surface area contributed by atoms with Crippen molar-refractivity contribution in [1.29, 1.82) is 0 Å². The van der Waals surface area contributed by atoms with Gasteiger partial charge < -0.3 is 5.73 Å². The van der Waals surface area contributed by atoms with E-state index in [1.54, 1.807) is 19.1 Å². The smallest absolute Gasteiger partial charge is 0.226 e. The molecule has 0 spiro atoms. The van der Waals surface area contributed by atoms with Gasteiger partial charge in [-0.15, -0.1) is 0 Å². The van der Waals surface area contributed by atoms with E-state index in [1.165, 1.54) is 6.07 Å². The van der Waals surface area contributed by atoms with Crippen LogP contribution >= 0.6 is 0 Å². The van der Waals surface area contributed by atoms with Crippen molar-refractivity contribution in [2.45, 2.75) is 18.4 Å². The van der Waals surface area contributed by atoms with Crippen LogP contribution in [0.15, 0.2) is 27.9 Å². The van der Waals surface area contributed by atoms with Crippen molar-refractivity contribution in [3.05, 3.63) is 35.2 Å². The first-order valence-electron chi connectivity index (χ1n) is 6.39. The Hall–Kier alpha value is -2.55. The number of pyridine rings is 2. The molecular formula is C13H13N5O3S. The molecule has 0 saturated heterocycles. The zero-order valence-electron chi connectivity index (χ0n) is 11.9. The number of nitrogen functional groups attached to an aromatic ring is 1. The Morgan fingerprint density at radius 2 is 2.00 bits per heavy atom. The van der Waals surface area contributed by atoms with Gasteiger partial charge >= 0.3 is 0 Å². The van der Waals surface area contributed by atoms with Crippen LogP contribution in [0.2, 0.25) is 0 Å². The molecule has 0 aliphatic carbocycles. The second-order valence-electron chi connectivity index (χ2n) is 4.94. The fourth-order valence-electron chi connectivity index (χ4n) is 2.16. The lowest BCUT2D eigenvalue weighted by Gasteiger charge is -2.09. The molecule has 0 radical (unpaired) electrons. The highest BCUT2D eigenvalue weighted by atomic mass is 32.2. The third-order valence-electron chi connectivity index (χ3n) is 3.28. The first-order chi connectivity index (χ1) is 10.4. The fourth-order valence-corrected chi connectivity index (χ4v) is 2.77. The highest BCUT2D eigenvalue weighted by molar-refractivity contribution is 7.90. The van der Waals surface area contributed by atoms with Crippen LogP contribution in [0.25, 0.3) is 11.2 Å². The first-order valence-corrected chi connectivity index (χ1v) is 8.28. The van der Waals surface area contributed by atoms with Gasteiger partial charge in [0, 0.05) is 29.6 Å². The standard InChI is InChI=1S/C13H13N5O3S/c1-7-9(11(14)12-13(15-7)18-21-17-12)6-8-4-3-5-10(16-8)22(2,19)20/h3-5H,6,14H2,1-2H3. The van der Waals surface area contributed by atoms with E-state index < -0.39 is 9.84 Å². The van der Waals surface area contributed by atoms with Gasteiger partial charge in [0.1, 0.15) is 0 Å². The highest BCUT2D eigenvalue weighted by Gasteiger charge is 2.16. The molecule has 8 nitrogen and oxygen atoms in total. The van der Waals surface area contributed by atoms with E-state index in [0.29, 0.717) is 34.7 Å². The molecule has 0 unspecified atom stereocenters. The number of nitrogens with zero attached hydrogens (tertiary/aromatic N) is 4. The normalized spacial score (nSPS) is 11.9. The van der Waals surface area contributed by atoms with E-state index in [2.05, 4.69) is 24.9 Å². The predicted molar refractivity (Wildman–Crippen MR) is 78.9 cm³/mol. The summed E-state index contributed by atoms with van der Waals surface area (Å²) in [7, 11) is -3.36. The van der Waals surface area contributed by atoms with Gasteiger partial charge in [0.25, 0.3) is 0 Å². The molecule has 3 rings (SSSR count). The first kappa shape index (κ1) is 14.4. The van der Waals surface area contributed by atoms with Crippen molar-refractivity contribution in [1.82, 2.24) is 20.3 Å². The van der Waals surface area contributed by atoms with Crippen LogP contribution in [-0.2, 0) is 16.3 Å². The molecule has 0 fully saturated rings. The Balaban J connectivity index is 2.07. The van der Waals surface area contributed by atoms with Gasteiger partial charge in [0.15, 0.2) is 20.4 Å². The summed E-state index contributed by atoms with van der Waals surface area (Å²) in [6.45, 7) is 1.79. The predicted octanol–water partition coefficient (Wildman–Crippen LogP) is 0.898. The van der Waals surface area contributed by atoms with Crippen LogP contribution in [0.1, 0.15) is 17.0 Å². The SMILES string of the molecule is Cc1nc2nonc2c(N)c1Cc1cccc(S(C)(=O)=O)n1. The molecule has 0 aromatic carbocycles. The minimum absolute atomic E-state index is 0.0263. The van der Waals surface area contributed by atoms with Gasteiger partial charge in [-0.1, -0.05) is 6.07 Å². The third kappa shape index (κ3) is 2.50. The van der Waals surface area contributed by atoms with Crippen molar-refractivity contribution in [3.63, 3.8) is 0 Å². The number of fused-ring (bicyclic) bond motifs is 1. The Bertz CT molecular complexity index is 965. The van der Waals surface area contributed by atoms with E-state index in [9.17, 15) is 8.42 Å². The minimum atomic E-state index is -3.36. The van der Waals surface area contributed by atoms with Gasteiger partial charge in [-0.25, -0.2) is 23.0 Å². The lowest BCUT2D eigenvalue weighted by atomic mass is 10.1. The Kier molecular flexibility index (Phi) is 3.28. The van der Waals surface area contributed by atoms with E-state index in [4.69, 9.17) is 5.73 Å². The zero-order valence-corrected chi connectivity index (χ0v) is 12.8. The molecule has 22 heavy (non-hydrogen) atoms. The molecule has 0 amide bonds. The van der Waals surface area contributed by atoms with E-state index in [-0.39, 0.29) is 5.03 Å². The number of nitrogens with two attached hydrogens (primary N) is 1. The number of hydrogen-bond acceptors (Lipinski definition) is 8. The molecule has 0 aliphatic heterocycles. The highest BCUT2D eigenvalue weighted by Crippen LogP contribution is 2.25. The summed E-state index contributed by atoms with van der Waals surface area (Å²) >= 11 is 0. The molecule has 2 N–H and O–H groups in total.